The normalized spacial score (nSPS) is 10.8. The number of hydrogen-bond donors (Lipinski definition) is 3. The minimum Gasteiger partial charge on any atom is -0.398 e. The van der Waals surface area contributed by atoms with Crippen molar-refractivity contribution in [1.82, 2.24) is 19.9 Å². The molecule has 0 fully saturated rings. The molecule has 7 nitrogen and oxygen atoms in total. The number of nitrogens with one attached hydrogen (secondary N) is 2. The Bertz CT molecular complexity index is 849. The molecular formula is C12H8BrClN6O. The molecule has 9 heteroatoms. The molecule has 0 unspecified atom stereocenters. The lowest BCUT2D eigenvalue weighted by atomic mass is 10.2. The highest BCUT2D eigenvalue weighted by Crippen LogP contribution is 2.21. The molecule has 106 valence electrons. The zero-order valence-corrected chi connectivity index (χ0v) is 12.7. The van der Waals surface area contributed by atoms with Gasteiger partial charge in [-0.05, 0) is 18.2 Å². The lowest BCUT2D eigenvalue weighted by Gasteiger charge is -2.07. The lowest BCUT2D eigenvalue weighted by molar-refractivity contribution is 0.102. The molecule has 0 atom stereocenters. The molecule has 3 rings (SSSR count). The second-order valence-corrected chi connectivity index (χ2v) is 5.40. The molecule has 0 saturated carbocycles. The number of imidazole rings is 1. The van der Waals surface area contributed by atoms with Crippen LogP contribution in [0, 0.1) is 0 Å². The third kappa shape index (κ3) is 2.67. The SMILES string of the molecule is Nc1cc(Br)ccc1C(=O)Nc1nc(Cl)c2[nH]cnc2n1. The molecule has 0 aliphatic heterocycles. The van der Waals surface area contributed by atoms with Crippen LogP contribution in [0.1, 0.15) is 10.4 Å². The molecule has 0 bridgehead atoms. The van der Waals surface area contributed by atoms with Crippen LogP contribution in [0.15, 0.2) is 29.0 Å². The fourth-order valence-corrected chi connectivity index (χ4v) is 2.36. The second-order valence-electron chi connectivity index (χ2n) is 4.12. The number of carbonyl (C=O) groups is 1. The van der Waals surface area contributed by atoms with Crippen LogP contribution in [0.5, 0.6) is 0 Å². The van der Waals surface area contributed by atoms with Crippen molar-refractivity contribution in [2.75, 3.05) is 11.1 Å². The van der Waals surface area contributed by atoms with E-state index in [1.54, 1.807) is 18.2 Å². The number of fused-ring (bicyclic) bond motifs is 1. The van der Waals surface area contributed by atoms with E-state index in [1.807, 2.05) is 0 Å². The largest absolute Gasteiger partial charge is 0.398 e. The number of benzene rings is 1. The van der Waals surface area contributed by atoms with Gasteiger partial charge in [-0.25, -0.2) is 4.98 Å². The fourth-order valence-electron chi connectivity index (χ4n) is 1.76. The van der Waals surface area contributed by atoms with Crippen molar-refractivity contribution in [3.8, 4) is 0 Å². The van der Waals surface area contributed by atoms with E-state index < -0.39 is 5.91 Å². The Hall–Kier alpha value is -2.19. The number of carbonyl (C=O) groups excluding carboxylic acids is 1. The molecule has 2 aromatic heterocycles. The van der Waals surface area contributed by atoms with Gasteiger partial charge in [0.25, 0.3) is 5.91 Å². The number of amides is 1. The molecule has 0 aliphatic carbocycles. The third-order valence-corrected chi connectivity index (χ3v) is 3.49. The van der Waals surface area contributed by atoms with Gasteiger partial charge in [-0.2, -0.15) is 9.97 Å². The summed E-state index contributed by atoms with van der Waals surface area (Å²) in [6.45, 7) is 0. The van der Waals surface area contributed by atoms with E-state index in [4.69, 9.17) is 17.3 Å². The van der Waals surface area contributed by atoms with Crippen LogP contribution in [0.3, 0.4) is 0 Å². The molecule has 21 heavy (non-hydrogen) atoms. The first kappa shape index (κ1) is 13.8. The molecule has 4 N–H and O–H groups in total. The average molecular weight is 368 g/mol. The Labute approximate surface area is 132 Å². The van der Waals surface area contributed by atoms with Crippen LogP contribution in [-0.4, -0.2) is 25.8 Å². The van der Waals surface area contributed by atoms with Crippen LogP contribution in [0.25, 0.3) is 11.2 Å². The number of H-pyrrole nitrogens is 1. The number of aromatic amines is 1. The number of nitrogens with two attached hydrogens (primary N) is 1. The zero-order valence-electron chi connectivity index (χ0n) is 10.4. The second kappa shape index (κ2) is 5.30. The quantitative estimate of drug-likeness (QED) is 0.476. The summed E-state index contributed by atoms with van der Waals surface area (Å²) in [5.41, 5.74) is 7.35. The number of anilines is 2. The Balaban J connectivity index is 1.92. The minimum atomic E-state index is -0.425. The van der Waals surface area contributed by atoms with Crippen molar-refractivity contribution in [2.24, 2.45) is 0 Å². The fraction of sp³-hybridized carbons (Fsp3) is 0. The molecular weight excluding hydrogens is 360 g/mol. The Kier molecular flexibility index (Phi) is 3.48. The molecule has 1 amide bonds. The van der Waals surface area contributed by atoms with Gasteiger partial charge < -0.3 is 10.7 Å². The van der Waals surface area contributed by atoms with E-state index in [0.717, 1.165) is 4.47 Å². The van der Waals surface area contributed by atoms with Gasteiger partial charge in [-0.15, -0.1) is 0 Å². The highest BCUT2D eigenvalue weighted by atomic mass is 79.9. The van der Waals surface area contributed by atoms with Gasteiger partial charge in [0.15, 0.2) is 10.8 Å². The molecule has 0 aliphatic rings. The number of halogens is 2. The minimum absolute atomic E-state index is 0.0620. The number of nitrogens with zero attached hydrogens (tertiary/aromatic N) is 3. The Morgan fingerprint density at radius 3 is 2.95 bits per heavy atom. The van der Waals surface area contributed by atoms with Gasteiger partial charge in [-0.3, -0.25) is 10.1 Å². The van der Waals surface area contributed by atoms with Crippen molar-refractivity contribution >= 4 is 56.2 Å². The van der Waals surface area contributed by atoms with E-state index >= 15 is 0 Å². The summed E-state index contributed by atoms with van der Waals surface area (Å²) in [7, 11) is 0. The summed E-state index contributed by atoms with van der Waals surface area (Å²) < 4.78 is 0.786. The molecule has 0 spiro atoms. The first-order valence-electron chi connectivity index (χ1n) is 5.77. The van der Waals surface area contributed by atoms with Gasteiger partial charge in [0.2, 0.25) is 5.95 Å². The van der Waals surface area contributed by atoms with E-state index in [0.29, 0.717) is 22.4 Å². The van der Waals surface area contributed by atoms with Gasteiger partial charge in [0, 0.05) is 10.2 Å². The van der Waals surface area contributed by atoms with E-state index in [2.05, 4.69) is 41.2 Å². The molecule has 1 aromatic carbocycles. The zero-order chi connectivity index (χ0) is 15.0. The van der Waals surface area contributed by atoms with E-state index in [-0.39, 0.29) is 11.1 Å². The standard InChI is InChI=1S/C12H8BrClN6O/c13-5-1-2-6(7(15)3-5)11(21)20-12-18-9(14)8-10(19-12)17-4-16-8/h1-4H,15H2,(H2,16,17,18,19,20,21). The summed E-state index contributed by atoms with van der Waals surface area (Å²) in [5, 5.41) is 2.72. The topological polar surface area (TPSA) is 110 Å². The van der Waals surface area contributed by atoms with Gasteiger partial charge in [0.1, 0.15) is 5.52 Å². The maximum absolute atomic E-state index is 12.2. The maximum Gasteiger partial charge on any atom is 0.260 e. The lowest BCUT2D eigenvalue weighted by Crippen LogP contribution is -2.16. The highest BCUT2D eigenvalue weighted by molar-refractivity contribution is 9.10. The first-order valence-corrected chi connectivity index (χ1v) is 6.94. The van der Waals surface area contributed by atoms with Crippen molar-refractivity contribution in [1.29, 1.82) is 0 Å². The van der Waals surface area contributed by atoms with Crippen LogP contribution in [0.4, 0.5) is 11.6 Å². The summed E-state index contributed by atoms with van der Waals surface area (Å²) in [5.74, 6) is -0.363. The van der Waals surface area contributed by atoms with Crippen LogP contribution in [-0.2, 0) is 0 Å². The van der Waals surface area contributed by atoms with Crippen molar-refractivity contribution in [3.05, 3.63) is 39.7 Å². The van der Waals surface area contributed by atoms with Crippen LogP contribution >= 0.6 is 27.5 Å². The van der Waals surface area contributed by atoms with Crippen molar-refractivity contribution < 1.29 is 4.79 Å². The summed E-state index contributed by atoms with van der Waals surface area (Å²) in [6, 6.07) is 4.96. The predicted molar refractivity (Wildman–Crippen MR) is 83.2 cm³/mol. The monoisotopic (exact) mass is 366 g/mol. The maximum atomic E-state index is 12.2. The van der Waals surface area contributed by atoms with Crippen molar-refractivity contribution in [2.45, 2.75) is 0 Å². The van der Waals surface area contributed by atoms with E-state index in [1.165, 1.54) is 6.33 Å². The van der Waals surface area contributed by atoms with Crippen LogP contribution in [0.2, 0.25) is 5.15 Å². The number of hydrogen-bond acceptors (Lipinski definition) is 5. The van der Waals surface area contributed by atoms with Crippen LogP contribution < -0.4 is 11.1 Å². The molecule has 0 radical (unpaired) electrons. The predicted octanol–water partition coefficient (Wildman–Crippen LogP) is 2.60. The first-order chi connectivity index (χ1) is 10.0. The van der Waals surface area contributed by atoms with Crippen molar-refractivity contribution in [3.63, 3.8) is 0 Å². The molecule has 3 aromatic rings. The summed E-state index contributed by atoms with van der Waals surface area (Å²) >= 11 is 9.26. The van der Waals surface area contributed by atoms with Gasteiger partial charge in [-0.1, -0.05) is 27.5 Å². The average Bonchev–Trinajstić information content (AvgIpc) is 2.87. The molecule has 0 saturated heterocycles. The van der Waals surface area contributed by atoms with Gasteiger partial charge in [0.05, 0.1) is 11.9 Å². The summed E-state index contributed by atoms with van der Waals surface area (Å²) in [4.78, 5) is 27.0. The smallest absolute Gasteiger partial charge is 0.260 e. The Morgan fingerprint density at radius 2 is 2.19 bits per heavy atom. The number of rotatable bonds is 2. The summed E-state index contributed by atoms with van der Waals surface area (Å²) in [6.07, 6.45) is 1.45. The number of aromatic nitrogens is 4. The Morgan fingerprint density at radius 1 is 1.38 bits per heavy atom. The van der Waals surface area contributed by atoms with Gasteiger partial charge >= 0.3 is 0 Å². The molecule has 2 heterocycles. The third-order valence-electron chi connectivity index (χ3n) is 2.73. The van der Waals surface area contributed by atoms with E-state index in [9.17, 15) is 4.79 Å². The number of nitrogen functional groups attached to an aromatic ring is 1. The highest BCUT2D eigenvalue weighted by Gasteiger charge is 2.14.